The molecule has 0 N–H and O–H groups in total. The molecule has 2 saturated carbocycles. The monoisotopic (exact) mass is 428 g/mol. The molecule has 31 heavy (non-hydrogen) atoms. The second-order valence-corrected chi connectivity index (χ2v) is 8.77. The van der Waals surface area contributed by atoms with E-state index in [0.29, 0.717) is 18.4 Å². The van der Waals surface area contributed by atoms with Gasteiger partial charge >= 0.3 is 0 Å². The Hall–Kier alpha value is -2.48. The van der Waals surface area contributed by atoms with Crippen LogP contribution in [0, 0.1) is 17.8 Å². The van der Waals surface area contributed by atoms with Gasteiger partial charge in [0.25, 0.3) is 0 Å². The highest BCUT2D eigenvalue weighted by atomic mass is 16.1. The molecule has 2 rings (SSSR count). The molecule has 0 spiro atoms. The van der Waals surface area contributed by atoms with E-state index in [1.165, 1.54) is 0 Å². The molecule has 0 bridgehead atoms. The van der Waals surface area contributed by atoms with Crippen LogP contribution in [0.4, 0.5) is 0 Å². The standard InChI is InChI=1S/C23H32N4O4/c28-14-24-13-3-1-2-4-22(27-17-31)23(18-5-9-20(10-6-18)25-15-29)19-7-11-21(12-8-19)26-16-30/h18-23H,1-13H2. The van der Waals surface area contributed by atoms with Gasteiger partial charge in [0.15, 0.2) is 0 Å². The molecule has 0 radical (unpaired) electrons. The molecular formula is C23H32N4O4. The summed E-state index contributed by atoms with van der Waals surface area (Å²) in [5.41, 5.74) is 0. The number of hydrogen-bond acceptors (Lipinski definition) is 8. The Balaban J connectivity index is 2.08. The van der Waals surface area contributed by atoms with Gasteiger partial charge in [-0.05, 0) is 82.0 Å². The molecular weight excluding hydrogens is 396 g/mol. The molecule has 2 aliphatic carbocycles. The maximum Gasteiger partial charge on any atom is 0.235 e. The second-order valence-electron chi connectivity index (χ2n) is 8.77. The summed E-state index contributed by atoms with van der Waals surface area (Å²) in [5.74, 6) is 1.13. The van der Waals surface area contributed by atoms with Crippen molar-refractivity contribution < 1.29 is 19.2 Å². The smallest absolute Gasteiger partial charge is 0.211 e. The Morgan fingerprint density at radius 2 is 1.19 bits per heavy atom. The predicted octanol–water partition coefficient (Wildman–Crippen LogP) is 3.99. The van der Waals surface area contributed by atoms with Crippen LogP contribution in [0.1, 0.15) is 77.0 Å². The largest absolute Gasteiger partial charge is 0.235 e. The molecule has 1 atom stereocenters. The van der Waals surface area contributed by atoms with E-state index in [1.54, 1.807) is 18.2 Å². The highest BCUT2D eigenvalue weighted by molar-refractivity contribution is 5.34. The van der Waals surface area contributed by atoms with Crippen molar-refractivity contribution in [2.75, 3.05) is 6.54 Å². The third-order valence-corrected chi connectivity index (χ3v) is 7.04. The zero-order valence-electron chi connectivity index (χ0n) is 18.1. The SMILES string of the molecule is O=C=NCCCCCC(N=C=O)C(C1CCC(N=C=O)CC1)C1CCC(N=C=O)CC1. The van der Waals surface area contributed by atoms with Gasteiger partial charge < -0.3 is 0 Å². The molecule has 0 aromatic rings. The number of unbranched alkanes of at least 4 members (excludes halogenated alkanes) is 2. The van der Waals surface area contributed by atoms with Crippen molar-refractivity contribution in [2.45, 2.75) is 95.2 Å². The molecule has 0 aliphatic heterocycles. The molecule has 0 amide bonds. The molecule has 8 nitrogen and oxygen atoms in total. The van der Waals surface area contributed by atoms with Gasteiger partial charge in [-0.1, -0.05) is 12.8 Å². The third kappa shape index (κ3) is 8.28. The van der Waals surface area contributed by atoms with E-state index >= 15 is 0 Å². The first-order chi connectivity index (χ1) is 15.2. The number of rotatable bonds is 12. The lowest BCUT2D eigenvalue weighted by Gasteiger charge is -2.42. The molecule has 0 aromatic carbocycles. The third-order valence-electron chi connectivity index (χ3n) is 7.04. The van der Waals surface area contributed by atoms with Crippen molar-refractivity contribution in [1.29, 1.82) is 0 Å². The van der Waals surface area contributed by atoms with Gasteiger partial charge in [0.05, 0.1) is 24.7 Å². The fraction of sp³-hybridized carbons (Fsp3) is 0.826. The van der Waals surface area contributed by atoms with Crippen LogP contribution < -0.4 is 0 Å². The molecule has 0 heterocycles. The molecule has 8 heteroatoms. The maximum absolute atomic E-state index is 11.3. The first kappa shape index (κ1) is 24.8. The van der Waals surface area contributed by atoms with E-state index in [4.69, 9.17) is 0 Å². The minimum atomic E-state index is -0.0840. The Kier molecular flexibility index (Phi) is 11.6. The quantitative estimate of drug-likeness (QED) is 0.265. The highest BCUT2D eigenvalue weighted by Gasteiger charge is 2.39. The van der Waals surface area contributed by atoms with Gasteiger partial charge in [-0.25, -0.2) is 39.1 Å². The van der Waals surface area contributed by atoms with Crippen molar-refractivity contribution in [1.82, 2.24) is 0 Å². The lowest BCUT2D eigenvalue weighted by Crippen LogP contribution is -2.38. The topological polar surface area (TPSA) is 118 Å². The lowest BCUT2D eigenvalue weighted by atomic mass is 9.65. The summed E-state index contributed by atoms with van der Waals surface area (Å²) in [6.07, 6.45) is 17.5. The fourth-order valence-electron chi connectivity index (χ4n) is 5.57. The predicted molar refractivity (Wildman–Crippen MR) is 115 cm³/mol. The molecule has 2 fully saturated rings. The molecule has 0 saturated heterocycles. The van der Waals surface area contributed by atoms with Crippen LogP contribution in [-0.4, -0.2) is 49.0 Å². The number of isocyanates is 4. The summed E-state index contributed by atoms with van der Waals surface area (Å²) in [7, 11) is 0. The fourth-order valence-corrected chi connectivity index (χ4v) is 5.57. The van der Waals surface area contributed by atoms with Crippen LogP contribution in [0.15, 0.2) is 20.0 Å². The van der Waals surface area contributed by atoms with Gasteiger partial charge in [0.1, 0.15) is 0 Å². The molecule has 2 aliphatic rings. The Morgan fingerprint density at radius 3 is 1.65 bits per heavy atom. The highest BCUT2D eigenvalue weighted by Crippen LogP contribution is 2.44. The normalized spacial score (nSPS) is 27.4. The molecule has 168 valence electrons. The second kappa shape index (κ2) is 14.5. The van der Waals surface area contributed by atoms with E-state index in [-0.39, 0.29) is 24.0 Å². The lowest BCUT2D eigenvalue weighted by molar-refractivity contribution is 0.107. The molecule has 0 aromatic heterocycles. The number of aliphatic imine (C=N–C) groups is 4. The summed E-state index contributed by atoms with van der Waals surface area (Å²) in [6.45, 7) is 0.483. The Morgan fingerprint density at radius 1 is 0.645 bits per heavy atom. The van der Waals surface area contributed by atoms with Crippen molar-refractivity contribution in [2.24, 2.45) is 37.7 Å². The van der Waals surface area contributed by atoms with Crippen molar-refractivity contribution in [3.05, 3.63) is 0 Å². The first-order valence-corrected chi connectivity index (χ1v) is 11.5. The number of hydrogen-bond donors (Lipinski definition) is 0. The van der Waals surface area contributed by atoms with Crippen LogP contribution in [0.25, 0.3) is 0 Å². The minimum absolute atomic E-state index is 0.0541. The van der Waals surface area contributed by atoms with Gasteiger partial charge in [0.2, 0.25) is 24.3 Å². The zero-order valence-corrected chi connectivity index (χ0v) is 18.1. The van der Waals surface area contributed by atoms with Crippen molar-refractivity contribution in [3.63, 3.8) is 0 Å². The van der Waals surface area contributed by atoms with E-state index in [2.05, 4.69) is 20.0 Å². The zero-order chi connectivity index (χ0) is 22.3. The van der Waals surface area contributed by atoms with Gasteiger partial charge in [-0.15, -0.1) is 0 Å². The van der Waals surface area contributed by atoms with Crippen LogP contribution >= 0.6 is 0 Å². The van der Waals surface area contributed by atoms with Gasteiger partial charge in [0, 0.05) is 0 Å². The first-order valence-electron chi connectivity index (χ1n) is 11.5. The number of carbonyl (C=O) groups excluding carboxylic acids is 4. The van der Waals surface area contributed by atoms with Crippen LogP contribution in [0.3, 0.4) is 0 Å². The van der Waals surface area contributed by atoms with E-state index in [9.17, 15) is 19.2 Å². The van der Waals surface area contributed by atoms with Gasteiger partial charge in [-0.2, -0.15) is 0 Å². The van der Waals surface area contributed by atoms with Gasteiger partial charge in [-0.3, -0.25) is 0 Å². The van der Waals surface area contributed by atoms with E-state index < -0.39 is 0 Å². The van der Waals surface area contributed by atoms with E-state index in [1.807, 2.05) is 6.08 Å². The molecule has 1 unspecified atom stereocenters. The minimum Gasteiger partial charge on any atom is -0.211 e. The van der Waals surface area contributed by atoms with Crippen LogP contribution in [0.2, 0.25) is 0 Å². The van der Waals surface area contributed by atoms with Crippen molar-refractivity contribution in [3.8, 4) is 0 Å². The maximum atomic E-state index is 11.3. The summed E-state index contributed by atoms with van der Waals surface area (Å²) in [6, 6.07) is 0.0243. The van der Waals surface area contributed by atoms with Crippen LogP contribution in [0.5, 0.6) is 0 Å². The summed E-state index contributed by atoms with van der Waals surface area (Å²) < 4.78 is 0. The van der Waals surface area contributed by atoms with Crippen LogP contribution in [-0.2, 0) is 19.2 Å². The summed E-state index contributed by atoms with van der Waals surface area (Å²) in [4.78, 5) is 58.3. The average Bonchev–Trinajstić information content (AvgIpc) is 2.79. The Bertz CT molecular complexity index is 693. The van der Waals surface area contributed by atoms with E-state index in [0.717, 1.165) is 77.0 Å². The van der Waals surface area contributed by atoms with Crippen molar-refractivity contribution >= 4 is 24.3 Å². The summed E-state index contributed by atoms with van der Waals surface area (Å²) in [5, 5.41) is 0. The Labute approximate surface area is 183 Å². The average molecular weight is 429 g/mol. The number of nitrogens with zero attached hydrogens (tertiary/aromatic N) is 4. The summed E-state index contributed by atoms with van der Waals surface area (Å²) >= 11 is 0.